The predicted molar refractivity (Wildman–Crippen MR) is 82.6 cm³/mol. The van der Waals surface area contributed by atoms with Crippen molar-refractivity contribution in [3.05, 3.63) is 12.4 Å². The van der Waals surface area contributed by atoms with Gasteiger partial charge in [0.05, 0.1) is 30.2 Å². The monoisotopic (exact) mass is 321 g/mol. The summed E-state index contributed by atoms with van der Waals surface area (Å²) in [6.45, 7) is 3.10. The van der Waals surface area contributed by atoms with Crippen LogP contribution < -0.4 is 0 Å². The van der Waals surface area contributed by atoms with Crippen molar-refractivity contribution in [2.24, 2.45) is 7.05 Å². The molecule has 8 heteroatoms. The first-order valence-electron chi connectivity index (χ1n) is 7.29. The smallest absolute Gasteiger partial charge is 0.192 e. The Bertz CT molecular complexity index is 660. The van der Waals surface area contributed by atoms with Gasteiger partial charge in [0.2, 0.25) is 0 Å². The minimum Gasteiger partial charge on any atom is -0.376 e. The molecule has 1 saturated heterocycles. The van der Waals surface area contributed by atoms with Crippen LogP contribution in [0.3, 0.4) is 0 Å². The third-order valence-electron chi connectivity index (χ3n) is 3.49. The fourth-order valence-corrected chi connectivity index (χ4v) is 3.22. The van der Waals surface area contributed by atoms with E-state index in [1.165, 1.54) is 11.8 Å². The van der Waals surface area contributed by atoms with E-state index >= 15 is 0 Å². The van der Waals surface area contributed by atoms with Crippen molar-refractivity contribution in [1.82, 2.24) is 24.5 Å². The minimum atomic E-state index is 0.125. The summed E-state index contributed by atoms with van der Waals surface area (Å²) in [6, 6.07) is 0. The third-order valence-corrected chi connectivity index (χ3v) is 4.61. The maximum atomic E-state index is 11.2. The Kier molecular flexibility index (Phi) is 4.58. The van der Waals surface area contributed by atoms with Gasteiger partial charge in [-0.3, -0.25) is 14.0 Å². The summed E-state index contributed by atoms with van der Waals surface area (Å²) in [5.74, 6) is 1.30. The van der Waals surface area contributed by atoms with Crippen molar-refractivity contribution in [3.8, 4) is 11.4 Å². The zero-order chi connectivity index (χ0) is 15.5. The van der Waals surface area contributed by atoms with Crippen LogP contribution in [0.2, 0.25) is 0 Å². The molecule has 1 aliphatic heterocycles. The molecular formula is C14H19N5O2S. The number of carbonyl (C=O) groups excluding carboxylic acids is 1. The Labute approximate surface area is 133 Å². The van der Waals surface area contributed by atoms with Crippen LogP contribution in [-0.4, -0.2) is 48.8 Å². The molecule has 2 aromatic rings. The van der Waals surface area contributed by atoms with E-state index in [2.05, 4.69) is 15.3 Å². The number of hydrogen-bond donors (Lipinski definition) is 0. The molecule has 3 heterocycles. The molecule has 1 aliphatic rings. The molecule has 118 valence electrons. The summed E-state index contributed by atoms with van der Waals surface area (Å²) in [5, 5.41) is 13.5. The minimum absolute atomic E-state index is 0.125. The van der Waals surface area contributed by atoms with Crippen LogP contribution in [0.4, 0.5) is 0 Å². The van der Waals surface area contributed by atoms with Crippen LogP contribution in [0.5, 0.6) is 0 Å². The summed E-state index contributed by atoms with van der Waals surface area (Å²) >= 11 is 1.42. The van der Waals surface area contributed by atoms with Crippen LogP contribution >= 0.6 is 11.8 Å². The summed E-state index contributed by atoms with van der Waals surface area (Å²) in [4.78, 5) is 11.2. The van der Waals surface area contributed by atoms with Crippen LogP contribution in [0.15, 0.2) is 17.6 Å². The lowest BCUT2D eigenvalue weighted by atomic mass is 10.2. The quantitative estimate of drug-likeness (QED) is 0.751. The SMILES string of the molecule is CC(=O)CSc1nnc(-c2cnn(C)c2)n1C[C@H]1CCCO1. The van der Waals surface area contributed by atoms with E-state index in [0.717, 1.165) is 36.0 Å². The first-order valence-corrected chi connectivity index (χ1v) is 8.28. The lowest BCUT2D eigenvalue weighted by Gasteiger charge is -2.13. The molecule has 0 N–H and O–H groups in total. The van der Waals surface area contributed by atoms with Gasteiger partial charge in [-0.1, -0.05) is 11.8 Å². The van der Waals surface area contributed by atoms with E-state index in [-0.39, 0.29) is 11.9 Å². The van der Waals surface area contributed by atoms with Crippen LogP contribution in [0.25, 0.3) is 11.4 Å². The number of aryl methyl sites for hydroxylation is 1. The molecule has 7 nitrogen and oxygen atoms in total. The second-order valence-electron chi connectivity index (χ2n) is 5.45. The van der Waals surface area contributed by atoms with Crippen molar-refractivity contribution in [2.45, 2.75) is 37.6 Å². The van der Waals surface area contributed by atoms with E-state index < -0.39 is 0 Å². The lowest BCUT2D eigenvalue weighted by Crippen LogP contribution is -2.16. The lowest BCUT2D eigenvalue weighted by molar-refractivity contribution is -0.114. The fraction of sp³-hybridized carbons (Fsp3) is 0.571. The number of Topliss-reactive ketones (excluding diaryl/α,β-unsaturated/α-hetero) is 1. The van der Waals surface area contributed by atoms with Crippen LogP contribution in [0.1, 0.15) is 19.8 Å². The highest BCUT2D eigenvalue weighted by Crippen LogP contribution is 2.26. The topological polar surface area (TPSA) is 74.8 Å². The Balaban J connectivity index is 1.89. The van der Waals surface area contributed by atoms with Crippen molar-refractivity contribution < 1.29 is 9.53 Å². The van der Waals surface area contributed by atoms with Gasteiger partial charge < -0.3 is 4.74 Å². The molecule has 0 aromatic carbocycles. The van der Waals surface area contributed by atoms with E-state index in [0.29, 0.717) is 12.3 Å². The highest BCUT2D eigenvalue weighted by Gasteiger charge is 2.22. The largest absolute Gasteiger partial charge is 0.376 e. The molecule has 0 amide bonds. The number of hydrogen-bond acceptors (Lipinski definition) is 6. The second kappa shape index (κ2) is 6.62. The number of ether oxygens (including phenoxy) is 1. The Morgan fingerprint density at radius 3 is 3.00 bits per heavy atom. The molecule has 1 fully saturated rings. The van der Waals surface area contributed by atoms with E-state index in [1.54, 1.807) is 17.8 Å². The molecular weight excluding hydrogens is 302 g/mol. The highest BCUT2D eigenvalue weighted by atomic mass is 32.2. The summed E-state index contributed by atoms with van der Waals surface area (Å²) in [6.07, 6.45) is 6.00. The number of thioether (sulfide) groups is 1. The highest BCUT2D eigenvalue weighted by molar-refractivity contribution is 7.99. The summed E-state index contributed by atoms with van der Waals surface area (Å²) in [7, 11) is 1.87. The Morgan fingerprint density at radius 1 is 1.50 bits per heavy atom. The van der Waals surface area contributed by atoms with Crippen molar-refractivity contribution >= 4 is 17.5 Å². The van der Waals surface area contributed by atoms with Crippen LogP contribution in [0, 0.1) is 0 Å². The average Bonchev–Trinajstić information content (AvgIpc) is 3.18. The zero-order valence-corrected chi connectivity index (χ0v) is 13.5. The summed E-state index contributed by atoms with van der Waals surface area (Å²) in [5.41, 5.74) is 0.919. The molecule has 0 radical (unpaired) electrons. The molecule has 0 saturated carbocycles. The Hall–Kier alpha value is -1.67. The molecule has 2 aromatic heterocycles. The molecule has 0 unspecified atom stereocenters. The standard InChI is InChI=1S/C14H19N5O2S/c1-10(20)9-22-14-17-16-13(11-6-15-18(2)7-11)19(14)8-12-4-3-5-21-12/h6-7,12H,3-5,8-9H2,1-2H3/t12-/m1/s1. The maximum Gasteiger partial charge on any atom is 0.192 e. The molecule has 0 spiro atoms. The van der Waals surface area contributed by atoms with E-state index in [1.807, 2.05) is 17.8 Å². The van der Waals surface area contributed by atoms with Crippen molar-refractivity contribution in [3.63, 3.8) is 0 Å². The normalized spacial score (nSPS) is 18.0. The molecule has 1 atom stereocenters. The zero-order valence-electron chi connectivity index (χ0n) is 12.7. The fourth-order valence-electron chi connectivity index (χ4n) is 2.47. The molecule has 3 rings (SSSR count). The van der Waals surface area contributed by atoms with Gasteiger partial charge in [0.25, 0.3) is 0 Å². The first kappa shape index (κ1) is 15.2. The Morgan fingerprint density at radius 2 is 2.36 bits per heavy atom. The van der Waals surface area contributed by atoms with Crippen LogP contribution in [-0.2, 0) is 23.1 Å². The summed E-state index contributed by atoms with van der Waals surface area (Å²) < 4.78 is 9.51. The number of rotatable bonds is 6. The second-order valence-corrected chi connectivity index (χ2v) is 6.39. The first-order chi connectivity index (χ1) is 10.6. The number of aromatic nitrogens is 5. The molecule has 0 bridgehead atoms. The van der Waals surface area contributed by atoms with Gasteiger partial charge >= 0.3 is 0 Å². The predicted octanol–water partition coefficient (Wildman–Crippen LogP) is 1.54. The van der Waals surface area contributed by atoms with Gasteiger partial charge in [-0.2, -0.15) is 5.10 Å². The number of ketones is 1. The van der Waals surface area contributed by atoms with Gasteiger partial charge in [-0.05, 0) is 19.8 Å². The van der Waals surface area contributed by atoms with Gasteiger partial charge in [0, 0.05) is 19.9 Å². The van der Waals surface area contributed by atoms with Gasteiger partial charge in [-0.15, -0.1) is 10.2 Å². The average molecular weight is 321 g/mol. The number of nitrogens with zero attached hydrogens (tertiary/aromatic N) is 5. The third kappa shape index (κ3) is 3.38. The van der Waals surface area contributed by atoms with Gasteiger partial charge in [0.1, 0.15) is 5.78 Å². The van der Waals surface area contributed by atoms with Gasteiger partial charge in [-0.25, -0.2) is 0 Å². The van der Waals surface area contributed by atoms with Crippen molar-refractivity contribution in [2.75, 3.05) is 12.4 Å². The molecule has 0 aliphatic carbocycles. The molecule has 22 heavy (non-hydrogen) atoms. The van der Waals surface area contributed by atoms with Gasteiger partial charge in [0.15, 0.2) is 11.0 Å². The maximum absolute atomic E-state index is 11.2. The number of carbonyl (C=O) groups is 1. The van der Waals surface area contributed by atoms with E-state index in [4.69, 9.17) is 4.74 Å². The van der Waals surface area contributed by atoms with Crippen molar-refractivity contribution in [1.29, 1.82) is 0 Å². The van der Waals surface area contributed by atoms with E-state index in [9.17, 15) is 4.79 Å².